The molecule has 3 N–H and O–H groups in total. The van der Waals surface area contributed by atoms with Gasteiger partial charge < -0.3 is 19.9 Å². The van der Waals surface area contributed by atoms with E-state index < -0.39 is 43.4 Å². The molecule has 0 unspecified atom stereocenters. The van der Waals surface area contributed by atoms with Gasteiger partial charge in [-0.3, -0.25) is 19.1 Å². The molecule has 1 fully saturated rings. The van der Waals surface area contributed by atoms with Gasteiger partial charge in [0.25, 0.3) is 5.56 Å². The van der Waals surface area contributed by atoms with Gasteiger partial charge in [-0.1, -0.05) is 26.9 Å². The van der Waals surface area contributed by atoms with Crippen molar-refractivity contribution in [2.24, 2.45) is 11.8 Å². The Kier molecular flexibility index (Phi) is 7.98. The maximum atomic E-state index is 13.8. The Morgan fingerprint density at radius 1 is 1.41 bits per heavy atom. The van der Waals surface area contributed by atoms with E-state index in [1.165, 1.54) is 11.8 Å². The van der Waals surface area contributed by atoms with Crippen molar-refractivity contribution in [3.05, 3.63) is 16.7 Å². The van der Waals surface area contributed by atoms with Crippen molar-refractivity contribution in [3.63, 3.8) is 0 Å². The number of imidazole rings is 1. The van der Waals surface area contributed by atoms with Gasteiger partial charge >= 0.3 is 0 Å². The summed E-state index contributed by atoms with van der Waals surface area (Å²) in [6, 6.07) is 0. The number of anilines is 1. The molecule has 0 bridgehead atoms. The van der Waals surface area contributed by atoms with Crippen LogP contribution in [-0.4, -0.2) is 70.7 Å². The lowest BCUT2D eigenvalue weighted by molar-refractivity contribution is -0.136. The molecule has 4 atom stereocenters. The first kappa shape index (κ1) is 26.9. The predicted octanol–water partition coefficient (Wildman–Crippen LogP) is 2.14. The molecule has 3 heterocycles. The van der Waals surface area contributed by atoms with E-state index in [9.17, 15) is 9.59 Å². The van der Waals surface area contributed by atoms with Crippen LogP contribution in [0.3, 0.4) is 0 Å². The van der Waals surface area contributed by atoms with Crippen LogP contribution in [0, 0.1) is 11.8 Å². The lowest BCUT2D eigenvalue weighted by atomic mass is 9.88. The molecule has 1 aliphatic rings. The molecule has 0 saturated carbocycles. The van der Waals surface area contributed by atoms with E-state index in [0.717, 1.165) is 0 Å². The number of Topliss-reactive ketones (excluding diaryl/α,β-unsaturated/α-hetero) is 1. The molecule has 0 radical (unpaired) electrons. The fourth-order valence-corrected chi connectivity index (χ4v) is 7.09. The Morgan fingerprint density at radius 2 is 2.09 bits per heavy atom. The highest BCUT2D eigenvalue weighted by Gasteiger charge is 2.62. The Balaban J connectivity index is 2.26. The number of nitrogens with one attached hydrogen (secondary N) is 1. The average Bonchev–Trinajstić information content (AvgIpc) is 3.29. The van der Waals surface area contributed by atoms with Crippen molar-refractivity contribution >= 4 is 43.5 Å². The van der Waals surface area contributed by atoms with Gasteiger partial charge in [0.2, 0.25) is 5.95 Å². The van der Waals surface area contributed by atoms with E-state index in [2.05, 4.69) is 28.0 Å². The number of fused-ring (bicyclic) bond motifs is 1. The van der Waals surface area contributed by atoms with Crippen LogP contribution in [0.15, 0.2) is 11.1 Å². The summed E-state index contributed by atoms with van der Waals surface area (Å²) in [5, 5.41) is -1.07. The Hall–Kier alpha value is -1.73. The minimum Gasteiger partial charge on any atom is -0.373 e. The number of thioether (sulfide) groups is 1. The summed E-state index contributed by atoms with van der Waals surface area (Å²) in [6.45, 7) is 14.2. The third-order valence-corrected chi connectivity index (χ3v) is 8.84. The van der Waals surface area contributed by atoms with Crippen LogP contribution in [0.25, 0.3) is 11.2 Å². The molecule has 190 valence electrons. The number of carbonyl (C=O) groups excluding carboxylic acids is 1. The van der Waals surface area contributed by atoms with Gasteiger partial charge in [0.05, 0.1) is 39.2 Å². The zero-order valence-corrected chi connectivity index (χ0v) is 23.2. The van der Waals surface area contributed by atoms with E-state index in [1.54, 1.807) is 10.9 Å². The van der Waals surface area contributed by atoms with Gasteiger partial charge in [0, 0.05) is 5.92 Å². The molecule has 0 aliphatic carbocycles. The van der Waals surface area contributed by atoms with Crippen molar-refractivity contribution in [1.82, 2.24) is 19.5 Å². The lowest BCUT2D eigenvalue weighted by Gasteiger charge is -2.39. The number of ether oxygens (including phenoxy) is 3. The Bertz CT molecular complexity index is 1080. The molecule has 1 aliphatic heterocycles. The maximum Gasteiger partial charge on any atom is 0.280 e. The largest absolute Gasteiger partial charge is 0.373 e. The number of ketones is 1. The van der Waals surface area contributed by atoms with Crippen LogP contribution in [0.2, 0.25) is 13.1 Å². The normalized spacial score (nSPS) is 25.6. The van der Waals surface area contributed by atoms with Crippen LogP contribution in [0.5, 0.6) is 0 Å². The molecular weight excluding hydrogens is 474 g/mol. The number of hydrogen-bond donors (Lipinski definition) is 2. The first-order chi connectivity index (χ1) is 15.8. The number of nitrogen functional groups attached to an aromatic ring is 1. The number of H-pyrrole nitrogens is 1. The van der Waals surface area contributed by atoms with Gasteiger partial charge in [0.1, 0.15) is 23.3 Å². The first-order valence-electron chi connectivity index (χ1n) is 11.5. The molecule has 34 heavy (non-hydrogen) atoms. The van der Waals surface area contributed by atoms with Gasteiger partial charge in [-0.15, -0.1) is 11.8 Å². The highest BCUT2D eigenvalue weighted by atomic mass is 32.2. The number of aromatic amines is 1. The van der Waals surface area contributed by atoms with E-state index in [4.69, 9.17) is 19.9 Å². The van der Waals surface area contributed by atoms with Crippen LogP contribution in [0.1, 0.15) is 34.6 Å². The smallest absolute Gasteiger partial charge is 0.280 e. The number of rotatable bonds is 9. The topological polar surface area (TPSA) is 134 Å². The second-order valence-electron chi connectivity index (χ2n) is 10.3. The molecule has 0 aromatic carbocycles. The van der Waals surface area contributed by atoms with Crippen molar-refractivity contribution in [2.45, 2.75) is 70.9 Å². The molecular formula is C22H37N5O5SSi. The molecule has 3 rings (SSSR count). The highest BCUT2D eigenvalue weighted by Crippen LogP contribution is 2.47. The molecule has 0 spiro atoms. The highest BCUT2D eigenvalue weighted by molar-refractivity contribution is 7.98. The number of nitrogens with zero attached hydrogens (tertiary/aromatic N) is 3. The van der Waals surface area contributed by atoms with Crippen LogP contribution in [-0.2, 0) is 24.4 Å². The molecule has 10 nitrogen and oxygen atoms in total. The number of aromatic nitrogens is 4. The predicted molar refractivity (Wildman–Crippen MR) is 137 cm³/mol. The number of carbonyl (C=O) groups is 1. The molecule has 0 amide bonds. The molecule has 1 saturated heterocycles. The Morgan fingerprint density at radius 3 is 2.65 bits per heavy atom. The van der Waals surface area contributed by atoms with Crippen LogP contribution < -0.4 is 11.3 Å². The average molecular weight is 512 g/mol. The zero-order chi connectivity index (χ0) is 25.4. The molecule has 12 heteroatoms. The van der Waals surface area contributed by atoms with Gasteiger partial charge in [-0.2, -0.15) is 4.98 Å². The van der Waals surface area contributed by atoms with Crippen LogP contribution in [0.4, 0.5) is 5.95 Å². The maximum absolute atomic E-state index is 13.8. The third-order valence-electron chi connectivity index (χ3n) is 6.04. The first-order valence-corrected chi connectivity index (χ1v) is 15.8. The van der Waals surface area contributed by atoms with E-state index >= 15 is 0 Å². The number of nitrogens with two attached hydrogens (primary N) is 1. The summed E-state index contributed by atoms with van der Waals surface area (Å²) in [5.74, 6) is -0.454. The standard InChI is InChI=1S/C22H37N5O5SSi/c1-12(2)16(28)14-17(30-11-33-6)13(9-31-21(3,4)5)32-22(14,34(7)8)27-10-24-15-18(27)25-20(23)26-19(15)29/h10,12-14,17,34H,9,11H2,1-8H3,(H3,23,25,26,29)/t13-,14-,17-,22+/m1/s1. The van der Waals surface area contributed by atoms with Crippen molar-refractivity contribution in [2.75, 3.05) is 24.5 Å². The summed E-state index contributed by atoms with van der Waals surface area (Å²) >= 11 is 1.54. The van der Waals surface area contributed by atoms with Crippen molar-refractivity contribution in [1.29, 1.82) is 0 Å². The van der Waals surface area contributed by atoms with E-state index in [1.807, 2.05) is 40.9 Å². The minimum absolute atomic E-state index is 0.0210. The fraction of sp³-hybridized carbons (Fsp3) is 0.727. The summed E-state index contributed by atoms with van der Waals surface area (Å²) < 4.78 is 21.0. The zero-order valence-electron chi connectivity index (χ0n) is 21.2. The third kappa shape index (κ3) is 4.96. The monoisotopic (exact) mass is 511 g/mol. The second-order valence-corrected chi connectivity index (χ2v) is 14.2. The molecule has 2 aromatic rings. The summed E-state index contributed by atoms with van der Waals surface area (Å²) in [7, 11) is -1.88. The Labute approximate surface area is 205 Å². The molecule has 2 aromatic heterocycles. The minimum atomic E-state index is -1.88. The van der Waals surface area contributed by atoms with Gasteiger partial charge in [-0.25, -0.2) is 4.98 Å². The SMILES string of the molecule is CSCO[C@H]1[C@@H](C(=O)C(C)C)[C@@](n2cnc3c(=O)[nH]c(N)nc32)([SiH](C)C)O[C@@H]1COC(C)(C)C. The summed E-state index contributed by atoms with van der Waals surface area (Å²) in [6.07, 6.45) is 2.46. The summed E-state index contributed by atoms with van der Waals surface area (Å²) in [5.41, 5.74) is 5.50. The van der Waals surface area contributed by atoms with E-state index in [-0.39, 0.29) is 29.8 Å². The second kappa shape index (κ2) is 10.1. The lowest BCUT2D eigenvalue weighted by Crippen LogP contribution is -2.54. The van der Waals surface area contributed by atoms with Crippen LogP contribution >= 0.6 is 11.8 Å². The van der Waals surface area contributed by atoms with Crippen molar-refractivity contribution < 1.29 is 19.0 Å². The van der Waals surface area contributed by atoms with Gasteiger partial charge in [-0.05, 0) is 27.0 Å². The van der Waals surface area contributed by atoms with Gasteiger partial charge in [0.15, 0.2) is 11.2 Å². The summed E-state index contributed by atoms with van der Waals surface area (Å²) in [4.78, 5) is 37.5. The number of hydrogen-bond acceptors (Lipinski definition) is 9. The van der Waals surface area contributed by atoms with E-state index in [0.29, 0.717) is 11.6 Å². The fourth-order valence-electron chi connectivity index (χ4n) is 4.53. The quantitative estimate of drug-likeness (QED) is 0.383. The van der Waals surface area contributed by atoms with Crippen molar-refractivity contribution in [3.8, 4) is 0 Å².